The fourth-order valence-electron chi connectivity index (χ4n) is 0.586. The van der Waals surface area contributed by atoms with Gasteiger partial charge in [-0.05, 0) is 0 Å². The molecule has 0 spiro atoms. The Hall–Kier alpha value is -0.870. The number of carboxylic acids is 1. The maximum Gasteiger partial charge on any atom is 0.300 e. The van der Waals surface area contributed by atoms with Gasteiger partial charge in [-0.1, -0.05) is 19.1 Å². The number of carboxylic acid groups (broad SMARTS) is 1. The van der Waals surface area contributed by atoms with E-state index >= 15 is 0 Å². The molecular weight excluding hydrogens is 160 g/mol. The number of rotatable bonds is 0. The molecule has 0 aromatic heterocycles. The molecule has 4 nitrogen and oxygen atoms in total. The summed E-state index contributed by atoms with van der Waals surface area (Å²) in [5.41, 5.74) is 0. The van der Waals surface area contributed by atoms with Gasteiger partial charge >= 0.3 is 0 Å². The van der Waals surface area contributed by atoms with Gasteiger partial charge in [0.25, 0.3) is 5.97 Å². The van der Waals surface area contributed by atoms with Crippen LogP contribution in [0.5, 0.6) is 0 Å². The second-order valence-electron chi connectivity index (χ2n) is 2.49. The average molecular weight is 174 g/mol. The van der Waals surface area contributed by atoms with E-state index in [1.807, 2.05) is 6.08 Å². The number of aliphatic carboxylic acids is 1. The minimum atomic E-state index is -0.833. The van der Waals surface area contributed by atoms with Crippen molar-refractivity contribution >= 4 is 5.97 Å². The van der Waals surface area contributed by atoms with Gasteiger partial charge < -0.3 is 5.11 Å². The van der Waals surface area contributed by atoms with Crippen LogP contribution in [0.3, 0.4) is 0 Å². The van der Waals surface area contributed by atoms with Gasteiger partial charge in [0.2, 0.25) is 0 Å². The van der Waals surface area contributed by atoms with E-state index in [-0.39, 0.29) is 0 Å². The minimum Gasteiger partial charge on any atom is -0.481 e. The SMILES string of the molecule is CC(=O)O.CC1C=CCOOC1. The molecule has 1 aliphatic rings. The van der Waals surface area contributed by atoms with Crippen LogP contribution in [0.4, 0.5) is 0 Å². The van der Waals surface area contributed by atoms with Gasteiger partial charge in [-0.2, -0.15) is 0 Å². The van der Waals surface area contributed by atoms with Crippen LogP contribution in [-0.2, 0) is 14.6 Å². The predicted octanol–water partition coefficient (Wildman–Crippen LogP) is 1.23. The zero-order valence-electron chi connectivity index (χ0n) is 7.32. The van der Waals surface area contributed by atoms with Crippen LogP contribution in [0.15, 0.2) is 12.2 Å². The van der Waals surface area contributed by atoms with E-state index in [1.54, 1.807) is 0 Å². The van der Waals surface area contributed by atoms with Crippen molar-refractivity contribution in [1.29, 1.82) is 0 Å². The quantitative estimate of drug-likeness (QED) is 0.443. The molecular formula is C8H14O4. The number of carbonyl (C=O) groups is 1. The maximum atomic E-state index is 9.00. The monoisotopic (exact) mass is 174 g/mol. The van der Waals surface area contributed by atoms with Gasteiger partial charge in [0.05, 0.1) is 6.61 Å². The van der Waals surface area contributed by atoms with E-state index in [4.69, 9.17) is 14.8 Å². The standard InChI is InChI=1S/C6H10O2.C2H4O2/c1-6-3-2-4-7-8-5-6;1-2(3)4/h2-3,6H,4-5H2,1H3;1H3,(H,3,4). The number of hydrogen-bond donors (Lipinski definition) is 1. The Morgan fingerprint density at radius 3 is 2.75 bits per heavy atom. The van der Waals surface area contributed by atoms with Gasteiger partial charge in [-0.3, -0.25) is 4.79 Å². The van der Waals surface area contributed by atoms with E-state index in [2.05, 4.69) is 17.9 Å². The minimum absolute atomic E-state index is 0.498. The smallest absolute Gasteiger partial charge is 0.300 e. The molecule has 0 aromatic rings. The molecule has 0 fully saturated rings. The summed E-state index contributed by atoms with van der Waals surface area (Å²) in [6, 6.07) is 0. The third kappa shape index (κ3) is 9.13. The molecule has 4 heteroatoms. The Kier molecular flexibility index (Phi) is 6.32. The van der Waals surface area contributed by atoms with Crippen LogP contribution in [0.25, 0.3) is 0 Å². The van der Waals surface area contributed by atoms with Crippen molar-refractivity contribution in [1.82, 2.24) is 0 Å². The fourth-order valence-corrected chi connectivity index (χ4v) is 0.586. The molecule has 1 aliphatic heterocycles. The van der Waals surface area contributed by atoms with Gasteiger partial charge in [0.15, 0.2) is 0 Å². The second kappa shape index (κ2) is 6.82. The Bertz CT molecular complexity index is 149. The number of hydrogen-bond acceptors (Lipinski definition) is 3. The van der Waals surface area contributed by atoms with Gasteiger partial charge in [-0.15, -0.1) is 0 Å². The van der Waals surface area contributed by atoms with Gasteiger partial charge in [0.1, 0.15) is 6.61 Å². The summed E-state index contributed by atoms with van der Waals surface area (Å²) in [5, 5.41) is 7.42. The molecule has 1 rings (SSSR count). The van der Waals surface area contributed by atoms with Crippen molar-refractivity contribution in [2.45, 2.75) is 13.8 Å². The summed E-state index contributed by atoms with van der Waals surface area (Å²) in [6.07, 6.45) is 4.06. The van der Waals surface area contributed by atoms with E-state index in [0.717, 1.165) is 6.92 Å². The first-order chi connectivity index (χ1) is 5.63. The summed E-state index contributed by atoms with van der Waals surface area (Å²) in [4.78, 5) is 18.4. The topological polar surface area (TPSA) is 55.8 Å². The van der Waals surface area contributed by atoms with E-state index in [0.29, 0.717) is 19.1 Å². The molecule has 0 amide bonds. The molecule has 0 saturated carbocycles. The molecule has 0 saturated heterocycles. The highest BCUT2D eigenvalue weighted by molar-refractivity contribution is 5.62. The summed E-state index contributed by atoms with van der Waals surface area (Å²) in [7, 11) is 0. The Morgan fingerprint density at radius 1 is 1.58 bits per heavy atom. The molecule has 70 valence electrons. The van der Waals surface area contributed by atoms with Crippen LogP contribution in [0.2, 0.25) is 0 Å². The third-order valence-corrected chi connectivity index (χ3v) is 1.04. The molecule has 0 aliphatic carbocycles. The molecule has 1 atom stereocenters. The lowest BCUT2D eigenvalue weighted by Crippen LogP contribution is -1.99. The lowest BCUT2D eigenvalue weighted by Gasteiger charge is -1.99. The zero-order chi connectivity index (χ0) is 9.40. The van der Waals surface area contributed by atoms with Crippen molar-refractivity contribution in [3.8, 4) is 0 Å². The van der Waals surface area contributed by atoms with Crippen LogP contribution in [0.1, 0.15) is 13.8 Å². The summed E-state index contributed by atoms with van der Waals surface area (Å²) >= 11 is 0. The molecule has 0 aromatic carbocycles. The molecule has 12 heavy (non-hydrogen) atoms. The Balaban J connectivity index is 0.000000261. The normalized spacial score (nSPS) is 22.0. The van der Waals surface area contributed by atoms with Crippen molar-refractivity contribution < 1.29 is 19.7 Å². The fraction of sp³-hybridized carbons (Fsp3) is 0.625. The molecule has 1 N–H and O–H groups in total. The summed E-state index contributed by atoms with van der Waals surface area (Å²) in [5.74, 6) is -0.336. The van der Waals surface area contributed by atoms with Crippen molar-refractivity contribution in [2.75, 3.05) is 13.2 Å². The van der Waals surface area contributed by atoms with Gasteiger partial charge in [0, 0.05) is 12.8 Å². The van der Waals surface area contributed by atoms with Crippen LogP contribution in [0, 0.1) is 5.92 Å². The lowest BCUT2D eigenvalue weighted by molar-refractivity contribution is -0.287. The first-order valence-corrected chi connectivity index (χ1v) is 3.73. The highest BCUT2D eigenvalue weighted by Gasteiger charge is 1.99. The van der Waals surface area contributed by atoms with Crippen LogP contribution < -0.4 is 0 Å². The summed E-state index contributed by atoms with van der Waals surface area (Å²) in [6.45, 7) is 4.44. The second-order valence-corrected chi connectivity index (χ2v) is 2.49. The molecule has 0 bridgehead atoms. The molecule has 1 heterocycles. The van der Waals surface area contributed by atoms with E-state index in [1.165, 1.54) is 0 Å². The van der Waals surface area contributed by atoms with E-state index in [9.17, 15) is 0 Å². The zero-order valence-corrected chi connectivity index (χ0v) is 7.32. The first-order valence-electron chi connectivity index (χ1n) is 3.73. The Morgan fingerprint density at radius 2 is 2.17 bits per heavy atom. The maximum absolute atomic E-state index is 9.00. The highest BCUT2D eigenvalue weighted by Crippen LogP contribution is 2.01. The van der Waals surface area contributed by atoms with Crippen LogP contribution >= 0.6 is 0 Å². The van der Waals surface area contributed by atoms with E-state index < -0.39 is 5.97 Å². The third-order valence-electron chi connectivity index (χ3n) is 1.04. The predicted molar refractivity (Wildman–Crippen MR) is 43.5 cm³/mol. The Labute approximate surface area is 71.7 Å². The van der Waals surface area contributed by atoms with Gasteiger partial charge in [-0.25, -0.2) is 9.78 Å². The van der Waals surface area contributed by atoms with Crippen molar-refractivity contribution in [3.05, 3.63) is 12.2 Å². The highest BCUT2D eigenvalue weighted by atomic mass is 17.2. The molecule has 0 radical (unpaired) electrons. The average Bonchev–Trinajstić information content (AvgIpc) is 2.14. The summed E-state index contributed by atoms with van der Waals surface area (Å²) < 4.78 is 0. The van der Waals surface area contributed by atoms with Crippen LogP contribution in [-0.4, -0.2) is 24.3 Å². The lowest BCUT2D eigenvalue weighted by atomic mass is 10.2. The largest absolute Gasteiger partial charge is 0.481 e. The van der Waals surface area contributed by atoms with Crippen molar-refractivity contribution in [3.63, 3.8) is 0 Å². The first kappa shape index (κ1) is 11.1. The molecule has 1 unspecified atom stereocenters. The van der Waals surface area contributed by atoms with Crippen molar-refractivity contribution in [2.24, 2.45) is 5.92 Å².